The van der Waals surface area contributed by atoms with Crippen LogP contribution in [0.1, 0.15) is 68.9 Å². The lowest BCUT2D eigenvalue weighted by Crippen LogP contribution is -2.32. The Bertz CT molecular complexity index is 845. The predicted molar refractivity (Wildman–Crippen MR) is 119 cm³/mol. The molecule has 2 aliphatic heterocycles. The minimum atomic E-state index is -0.140. The van der Waals surface area contributed by atoms with E-state index in [0.29, 0.717) is 5.75 Å². The third kappa shape index (κ3) is 3.95. The molecule has 4 heteroatoms. The average molecular weight is 411 g/mol. The molecular weight excluding hydrogens is 376 g/mol. The summed E-state index contributed by atoms with van der Waals surface area (Å²) in [5, 5.41) is 20.7. The number of benzene rings is 1. The molecule has 162 valence electrons. The molecule has 30 heavy (non-hydrogen) atoms. The molecule has 1 aromatic carbocycles. The van der Waals surface area contributed by atoms with Crippen molar-refractivity contribution in [1.82, 2.24) is 0 Å². The van der Waals surface area contributed by atoms with Gasteiger partial charge in [0, 0.05) is 36.0 Å². The van der Waals surface area contributed by atoms with Crippen molar-refractivity contribution in [2.75, 3.05) is 19.8 Å². The Balaban J connectivity index is 1.74. The minimum Gasteiger partial charge on any atom is -0.507 e. The zero-order valence-electron chi connectivity index (χ0n) is 18.0. The summed E-state index contributed by atoms with van der Waals surface area (Å²) in [6, 6.07) is 4.04. The summed E-state index contributed by atoms with van der Waals surface area (Å²) in [5.74, 6) is 1.91. The molecule has 1 aromatic rings. The van der Waals surface area contributed by atoms with Crippen LogP contribution in [-0.2, 0) is 10.2 Å². The highest BCUT2D eigenvalue weighted by Gasteiger charge is 2.39. The van der Waals surface area contributed by atoms with Crippen LogP contribution in [0.4, 0.5) is 0 Å². The first-order chi connectivity index (χ1) is 14.6. The van der Waals surface area contributed by atoms with Gasteiger partial charge in [-0.25, -0.2) is 0 Å². The van der Waals surface area contributed by atoms with Crippen LogP contribution in [0.15, 0.2) is 48.3 Å². The Labute approximate surface area is 179 Å². The van der Waals surface area contributed by atoms with Gasteiger partial charge in [0.2, 0.25) is 0 Å². The van der Waals surface area contributed by atoms with Crippen LogP contribution in [-0.4, -0.2) is 30.0 Å². The first-order valence-electron chi connectivity index (χ1n) is 11.4. The topological polar surface area (TPSA) is 58.9 Å². The Hall–Kier alpha value is -2.04. The number of allylic oxidation sites excluding steroid dienone is 4. The Morgan fingerprint density at radius 1 is 1.27 bits per heavy atom. The van der Waals surface area contributed by atoms with Crippen LogP contribution >= 0.6 is 0 Å². The van der Waals surface area contributed by atoms with E-state index in [0.717, 1.165) is 67.8 Å². The third-order valence-corrected chi connectivity index (χ3v) is 7.06. The summed E-state index contributed by atoms with van der Waals surface area (Å²) in [7, 11) is 0. The maximum atomic E-state index is 11.1. The fourth-order valence-corrected chi connectivity index (χ4v) is 5.21. The second-order valence-electron chi connectivity index (χ2n) is 8.94. The molecule has 0 saturated carbocycles. The molecule has 2 N–H and O–H groups in total. The zero-order chi connectivity index (χ0) is 21.1. The van der Waals surface area contributed by atoms with Crippen molar-refractivity contribution in [1.29, 1.82) is 0 Å². The van der Waals surface area contributed by atoms with Gasteiger partial charge in [0.05, 0.1) is 6.61 Å². The van der Waals surface area contributed by atoms with E-state index in [9.17, 15) is 10.2 Å². The van der Waals surface area contributed by atoms with Crippen LogP contribution in [0.3, 0.4) is 0 Å². The molecule has 1 fully saturated rings. The highest BCUT2D eigenvalue weighted by Crippen LogP contribution is 2.52. The number of aliphatic hydroxyl groups excluding tert-OH is 1. The number of rotatable bonds is 6. The van der Waals surface area contributed by atoms with E-state index in [2.05, 4.69) is 37.8 Å². The molecule has 4 nitrogen and oxygen atoms in total. The lowest BCUT2D eigenvalue weighted by molar-refractivity contribution is 0.0651. The molecule has 0 amide bonds. The highest BCUT2D eigenvalue weighted by molar-refractivity contribution is 5.56. The summed E-state index contributed by atoms with van der Waals surface area (Å²) in [6.07, 6.45) is 13.7. The van der Waals surface area contributed by atoms with E-state index < -0.39 is 0 Å². The van der Waals surface area contributed by atoms with Gasteiger partial charge in [0.1, 0.15) is 17.3 Å². The Kier molecular flexibility index (Phi) is 6.35. The average Bonchev–Trinajstić information content (AvgIpc) is 2.76. The van der Waals surface area contributed by atoms with Gasteiger partial charge in [-0.3, -0.25) is 0 Å². The molecule has 1 saturated heterocycles. The number of aliphatic hydroxyl groups is 1. The van der Waals surface area contributed by atoms with Gasteiger partial charge in [-0.05, 0) is 55.4 Å². The molecule has 0 aromatic heterocycles. The van der Waals surface area contributed by atoms with Crippen molar-refractivity contribution in [3.05, 3.63) is 59.4 Å². The fraction of sp³-hybridized carbons (Fsp3) is 0.538. The first-order valence-corrected chi connectivity index (χ1v) is 11.4. The van der Waals surface area contributed by atoms with Crippen molar-refractivity contribution in [2.45, 2.75) is 63.2 Å². The molecule has 2 heterocycles. The summed E-state index contributed by atoms with van der Waals surface area (Å²) >= 11 is 0. The van der Waals surface area contributed by atoms with Crippen molar-refractivity contribution >= 4 is 0 Å². The summed E-state index contributed by atoms with van der Waals surface area (Å²) in [5.41, 5.74) is 2.81. The molecule has 0 bridgehead atoms. The van der Waals surface area contributed by atoms with Crippen molar-refractivity contribution in [2.24, 2.45) is 5.92 Å². The fourth-order valence-electron chi connectivity index (χ4n) is 5.21. The van der Waals surface area contributed by atoms with Crippen molar-refractivity contribution < 1.29 is 19.7 Å². The van der Waals surface area contributed by atoms with Crippen LogP contribution in [0.25, 0.3) is 0 Å². The minimum absolute atomic E-state index is 0.0111. The number of hydrogen-bond donors (Lipinski definition) is 2. The lowest BCUT2D eigenvalue weighted by Gasteiger charge is -2.39. The summed E-state index contributed by atoms with van der Waals surface area (Å²) in [4.78, 5) is 0. The molecule has 0 spiro atoms. The highest BCUT2D eigenvalue weighted by atomic mass is 16.5. The monoisotopic (exact) mass is 410 g/mol. The van der Waals surface area contributed by atoms with Gasteiger partial charge in [-0.15, -0.1) is 0 Å². The van der Waals surface area contributed by atoms with Crippen molar-refractivity contribution in [3.8, 4) is 11.5 Å². The first kappa shape index (κ1) is 21.2. The third-order valence-electron chi connectivity index (χ3n) is 7.06. The zero-order valence-corrected chi connectivity index (χ0v) is 18.0. The largest absolute Gasteiger partial charge is 0.507 e. The van der Waals surface area contributed by atoms with Gasteiger partial charge in [-0.2, -0.15) is 0 Å². The molecule has 3 aliphatic rings. The van der Waals surface area contributed by atoms with E-state index >= 15 is 0 Å². The number of ether oxygens (including phenoxy) is 2. The number of unbranched alkanes of at least 4 members (excludes halogenated alkanes) is 2. The van der Waals surface area contributed by atoms with Crippen LogP contribution in [0.5, 0.6) is 11.5 Å². The number of aromatic hydroxyl groups is 1. The maximum Gasteiger partial charge on any atom is 0.134 e. The van der Waals surface area contributed by atoms with Gasteiger partial charge in [0.25, 0.3) is 0 Å². The van der Waals surface area contributed by atoms with E-state index in [1.807, 2.05) is 6.07 Å². The van der Waals surface area contributed by atoms with Gasteiger partial charge >= 0.3 is 0 Å². The predicted octanol–water partition coefficient (Wildman–Crippen LogP) is 5.51. The number of phenolic OH excluding ortho intramolecular Hbond substituents is 1. The van der Waals surface area contributed by atoms with Gasteiger partial charge in [0.15, 0.2) is 0 Å². The maximum absolute atomic E-state index is 11.1. The Morgan fingerprint density at radius 2 is 2.07 bits per heavy atom. The van der Waals surface area contributed by atoms with E-state index in [-0.39, 0.29) is 29.6 Å². The van der Waals surface area contributed by atoms with Crippen molar-refractivity contribution in [3.63, 3.8) is 0 Å². The second-order valence-corrected chi connectivity index (χ2v) is 8.94. The van der Waals surface area contributed by atoms with Crippen LogP contribution in [0, 0.1) is 5.92 Å². The van der Waals surface area contributed by atoms with E-state index in [1.54, 1.807) is 0 Å². The number of hydrogen-bond acceptors (Lipinski definition) is 4. The quantitative estimate of drug-likeness (QED) is 0.480. The molecule has 2 atom stereocenters. The smallest absolute Gasteiger partial charge is 0.134 e. The summed E-state index contributed by atoms with van der Waals surface area (Å²) in [6.45, 7) is 7.89. The lowest BCUT2D eigenvalue weighted by atomic mass is 9.70. The van der Waals surface area contributed by atoms with E-state index in [4.69, 9.17) is 9.47 Å². The Morgan fingerprint density at radius 3 is 2.80 bits per heavy atom. The molecule has 4 rings (SSSR count). The van der Waals surface area contributed by atoms with Gasteiger partial charge in [-0.1, -0.05) is 44.6 Å². The SMILES string of the molecule is C=C1Oc2cc(C3(/C=C\CCCC)CCOCC3)cc(O)c2[C@H]2C=C(CO)CC[C@H]12. The number of phenols is 1. The second kappa shape index (κ2) is 8.99. The molecule has 0 radical (unpaired) electrons. The molecule has 1 aliphatic carbocycles. The van der Waals surface area contributed by atoms with Crippen LogP contribution < -0.4 is 4.74 Å². The van der Waals surface area contributed by atoms with Crippen LogP contribution in [0.2, 0.25) is 0 Å². The molecular formula is C26H34O4. The molecule has 0 unspecified atom stereocenters. The normalized spacial score (nSPS) is 25.4. The standard InChI is InChI=1S/C26H34O4/c1-3-4-5-6-9-26(10-12-29-13-11-26)20-15-23(28)25-22-14-19(17-27)7-8-21(22)18(2)30-24(25)16-20/h6,9,14-16,21-22,27-28H,2-5,7-8,10-13,17H2,1H3/b9-6-/t21-,22+/m1/s1. The van der Waals surface area contributed by atoms with Gasteiger partial charge < -0.3 is 19.7 Å². The summed E-state index contributed by atoms with van der Waals surface area (Å²) < 4.78 is 11.8. The van der Waals surface area contributed by atoms with E-state index in [1.165, 1.54) is 12.8 Å². The number of fused-ring (bicyclic) bond motifs is 3.